The molecule has 0 saturated heterocycles. The molecule has 26 heavy (non-hydrogen) atoms. The Labute approximate surface area is 151 Å². The van der Waals surface area contributed by atoms with Crippen LogP contribution in [0.1, 0.15) is 29.4 Å². The number of ether oxygens (including phenoxy) is 1. The first-order valence-corrected chi connectivity index (χ1v) is 8.40. The fraction of sp³-hybridized carbons (Fsp3) is 0.250. The predicted octanol–water partition coefficient (Wildman–Crippen LogP) is 3.51. The molecule has 134 valence electrons. The van der Waals surface area contributed by atoms with Crippen molar-refractivity contribution in [2.45, 2.75) is 26.9 Å². The van der Waals surface area contributed by atoms with Crippen LogP contribution in [0.3, 0.4) is 0 Å². The first-order chi connectivity index (χ1) is 12.5. The zero-order valence-electron chi connectivity index (χ0n) is 15.1. The standard InChI is InChI=1S/C20H21N3O3/c1-4-15-5-7-18-20(14-9-13(2)10-21-11-14)16(6-8-19(24)25)17(12-26-3)22-23(15)18/h5-11H,4,12H2,1-3H3,(H,24,25). The molecule has 6 heteroatoms. The van der Waals surface area contributed by atoms with Crippen LogP contribution in [0.4, 0.5) is 0 Å². The topological polar surface area (TPSA) is 76.7 Å². The molecule has 0 radical (unpaired) electrons. The summed E-state index contributed by atoms with van der Waals surface area (Å²) in [6, 6.07) is 6.09. The minimum Gasteiger partial charge on any atom is -0.478 e. The Morgan fingerprint density at radius 3 is 2.81 bits per heavy atom. The highest BCUT2D eigenvalue weighted by atomic mass is 16.5. The number of aromatic nitrogens is 3. The van der Waals surface area contributed by atoms with E-state index in [1.807, 2.05) is 29.6 Å². The molecule has 0 amide bonds. The molecule has 0 bridgehead atoms. The smallest absolute Gasteiger partial charge is 0.328 e. The molecule has 0 aliphatic heterocycles. The first kappa shape index (κ1) is 17.8. The fourth-order valence-corrected chi connectivity index (χ4v) is 3.08. The highest BCUT2D eigenvalue weighted by molar-refractivity contribution is 5.92. The number of aryl methyl sites for hydroxylation is 2. The van der Waals surface area contributed by atoms with Gasteiger partial charge in [0.05, 0.1) is 17.8 Å². The van der Waals surface area contributed by atoms with Crippen LogP contribution in [0, 0.1) is 6.92 Å². The second-order valence-corrected chi connectivity index (χ2v) is 6.07. The average Bonchev–Trinajstić information content (AvgIpc) is 3.02. The van der Waals surface area contributed by atoms with Gasteiger partial charge in [-0.2, -0.15) is 5.10 Å². The Hall–Kier alpha value is -2.99. The summed E-state index contributed by atoms with van der Waals surface area (Å²) in [4.78, 5) is 15.4. The summed E-state index contributed by atoms with van der Waals surface area (Å²) in [5, 5.41) is 13.8. The Morgan fingerprint density at radius 1 is 1.35 bits per heavy atom. The zero-order valence-corrected chi connectivity index (χ0v) is 15.1. The van der Waals surface area contributed by atoms with E-state index in [2.05, 4.69) is 11.9 Å². The van der Waals surface area contributed by atoms with Crippen LogP contribution in [-0.2, 0) is 22.6 Å². The SMILES string of the molecule is CCc1ccc2c(-c3cncc(C)c3)c(C=CC(=O)O)c(COC)nn12. The van der Waals surface area contributed by atoms with E-state index in [1.165, 1.54) is 0 Å². The van der Waals surface area contributed by atoms with Gasteiger partial charge in [0.2, 0.25) is 0 Å². The van der Waals surface area contributed by atoms with Gasteiger partial charge < -0.3 is 9.84 Å². The number of hydrogen-bond donors (Lipinski definition) is 1. The molecule has 0 aromatic carbocycles. The summed E-state index contributed by atoms with van der Waals surface area (Å²) in [7, 11) is 1.60. The molecule has 0 saturated carbocycles. The Balaban J connectivity index is 2.40. The van der Waals surface area contributed by atoms with Gasteiger partial charge in [-0.1, -0.05) is 6.92 Å². The number of fused-ring (bicyclic) bond motifs is 1. The molecule has 3 aromatic rings. The van der Waals surface area contributed by atoms with Gasteiger partial charge in [0.1, 0.15) is 0 Å². The maximum Gasteiger partial charge on any atom is 0.328 e. The number of hydrogen-bond acceptors (Lipinski definition) is 4. The van der Waals surface area contributed by atoms with Gasteiger partial charge in [0.25, 0.3) is 0 Å². The summed E-state index contributed by atoms with van der Waals surface area (Å²) in [6.07, 6.45) is 7.13. The lowest BCUT2D eigenvalue weighted by Crippen LogP contribution is -2.07. The molecular weight excluding hydrogens is 330 g/mol. The largest absolute Gasteiger partial charge is 0.478 e. The fourth-order valence-electron chi connectivity index (χ4n) is 3.08. The minimum absolute atomic E-state index is 0.281. The van der Waals surface area contributed by atoms with Crippen molar-refractivity contribution < 1.29 is 14.6 Å². The summed E-state index contributed by atoms with van der Waals surface area (Å²) in [6.45, 7) is 4.34. The van der Waals surface area contributed by atoms with Crippen LogP contribution in [-0.4, -0.2) is 32.8 Å². The van der Waals surface area contributed by atoms with Gasteiger partial charge in [-0.05, 0) is 43.2 Å². The molecule has 6 nitrogen and oxygen atoms in total. The van der Waals surface area contributed by atoms with Crippen LogP contribution in [0.2, 0.25) is 0 Å². The van der Waals surface area contributed by atoms with E-state index in [0.717, 1.165) is 46.0 Å². The molecule has 1 N–H and O–H groups in total. The monoisotopic (exact) mass is 351 g/mol. The van der Waals surface area contributed by atoms with E-state index >= 15 is 0 Å². The van der Waals surface area contributed by atoms with Crippen molar-refractivity contribution in [1.29, 1.82) is 0 Å². The van der Waals surface area contributed by atoms with Crippen molar-refractivity contribution in [3.63, 3.8) is 0 Å². The van der Waals surface area contributed by atoms with E-state index in [9.17, 15) is 4.79 Å². The number of carboxylic acids is 1. The molecule has 0 unspecified atom stereocenters. The average molecular weight is 351 g/mol. The number of pyridine rings is 1. The summed E-state index contributed by atoms with van der Waals surface area (Å²) in [5.41, 5.74) is 6.25. The summed E-state index contributed by atoms with van der Waals surface area (Å²) >= 11 is 0. The van der Waals surface area contributed by atoms with Gasteiger partial charge >= 0.3 is 5.97 Å². The second kappa shape index (κ2) is 7.49. The quantitative estimate of drug-likeness (QED) is 0.688. The van der Waals surface area contributed by atoms with E-state index in [-0.39, 0.29) is 6.61 Å². The molecule has 0 spiro atoms. The zero-order chi connectivity index (χ0) is 18.7. The number of carbonyl (C=O) groups is 1. The molecule has 3 rings (SSSR count). The normalized spacial score (nSPS) is 11.5. The molecular formula is C20H21N3O3. The lowest BCUT2D eigenvalue weighted by Gasteiger charge is -2.15. The van der Waals surface area contributed by atoms with Gasteiger partial charge in [-0.15, -0.1) is 0 Å². The van der Waals surface area contributed by atoms with E-state index in [0.29, 0.717) is 5.69 Å². The van der Waals surface area contributed by atoms with Crippen LogP contribution in [0.25, 0.3) is 22.7 Å². The first-order valence-electron chi connectivity index (χ1n) is 8.40. The molecule has 0 fully saturated rings. The highest BCUT2D eigenvalue weighted by Crippen LogP contribution is 2.32. The molecule has 3 heterocycles. The van der Waals surface area contributed by atoms with Crippen molar-refractivity contribution >= 4 is 17.6 Å². The molecule has 0 aliphatic carbocycles. The van der Waals surface area contributed by atoms with Crippen molar-refractivity contribution in [2.75, 3.05) is 7.11 Å². The highest BCUT2D eigenvalue weighted by Gasteiger charge is 2.17. The minimum atomic E-state index is -1.01. The van der Waals surface area contributed by atoms with Crippen LogP contribution >= 0.6 is 0 Å². The number of nitrogens with zero attached hydrogens (tertiary/aromatic N) is 3. The summed E-state index contributed by atoms with van der Waals surface area (Å²) < 4.78 is 7.22. The van der Waals surface area contributed by atoms with E-state index < -0.39 is 5.97 Å². The summed E-state index contributed by atoms with van der Waals surface area (Å²) in [5.74, 6) is -1.01. The third-order valence-corrected chi connectivity index (χ3v) is 4.19. The second-order valence-electron chi connectivity index (χ2n) is 6.07. The lowest BCUT2D eigenvalue weighted by atomic mass is 9.98. The number of rotatable bonds is 6. The predicted molar refractivity (Wildman–Crippen MR) is 99.9 cm³/mol. The Morgan fingerprint density at radius 2 is 2.15 bits per heavy atom. The van der Waals surface area contributed by atoms with E-state index in [1.54, 1.807) is 25.6 Å². The van der Waals surface area contributed by atoms with Crippen LogP contribution in [0.15, 0.2) is 36.7 Å². The lowest BCUT2D eigenvalue weighted by molar-refractivity contribution is -0.131. The van der Waals surface area contributed by atoms with Crippen LogP contribution in [0.5, 0.6) is 0 Å². The van der Waals surface area contributed by atoms with Gasteiger partial charge in [-0.3, -0.25) is 4.98 Å². The Bertz CT molecular complexity index is 989. The molecule has 0 aliphatic rings. The van der Waals surface area contributed by atoms with E-state index in [4.69, 9.17) is 14.9 Å². The van der Waals surface area contributed by atoms with Crippen molar-refractivity contribution in [2.24, 2.45) is 0 Å². The van der Waals surface area contributed by atoms with Gasteiger partial charge in [-0.25, -0.2) is 9.31 Å². The van der Waals surface area contributed by atoms with Crippen molar-refractivity contribution in [1.82, 2.24) is 14.6 Å². The van der Waals surface area contributed by atoms with Crippen molar-refractivity contribution in [3.05, 3.63) is 59.2 Å². The molecule has 0 atom stereocenters. The van der Waals surface area contributed by atoms with Crippen LogP contribution < -0.4 is 0 Å². The molecule has 3 aromatic heterocycles. The third kappa shape index (κ3) is 3.36. The Kier molecular flexibility index (Phi) is 5.14. The number of methoxy groups -OCH3 is 1. The number of aliphatic carboxylic acids is 1. The van der Waals surface area contributed by atoms with Gasteiger partial charge in [0, 0.05) is 48.0 Å². The van der Waals surface area contributed by atoms with Gasteiger partial charge in [0.15, 0.2) is 0 Å². The van der Waals surface area contributed by atoms with Crippen molar-refractivity contribution in [3.8, 4) is 11.1 Å². The maximum atomic E-state index is 11.1. The maximum absolute atomic E-state index is 11.1. The number of carboxylic acid groups (broad SMARTS) is 1. The third-order valence-electron chi connectivity index (χ3n) is 4.19.